The number of carbonyl (C=O) groups excluding carboxylic acids is 1. The summed E-state index contributed by atoms with van der Waals surface area (Å²) >= 11 is 0. The topological polar surface area (TPSA) is 62.7 Å². The number of piperazine rings is 1. The highest BCUT2D eigenvalue weighted by atomic mass is 19.1. The van der Waals surface area contributed by atoms with E-state index in [0.29, 0.717) is 36.4 Å². The predicted molar refractivity (Wildman–Crippen MR) is 83.9 cm³/mol. The highest BCUT2D eigenvalue weighted by Crippen LogP contribution is 2.21. The number of hydrogen-bond donors (Lipinski definition) is 0. The Morgan fingerprint density at radius 2 is 2.04 bits per heavy atom. The van der Waals surface area contributed by atoms with Crippen molar-refractivity contribution in [2.75, 3.05) is 26.2 Å². The molecule has 0 aliphatic carbocycles. The van der Waals surface area contributed by atoms with Crippen LogP contribution in [-0.4, -0.2) is 47.0 Å². The van der Waals surface area contributed by atoms with Crippen molar-refractivity contribution in [3.63, 3.8) is 0 Å². The zero-order valence-corrected chi connectivity index (χ0v) is 12.9. The van der Waals surface area contributed by atoms with E-state index in [2.05, 4.69) is 10.1 Å². The minimum Gasteiger partial charge on any atom is -0.459 e. The summed E-state index contributed by atoms with van der Waals surface area (Å²) in [6.45, 7) is 3.23. The first kappa shape index (κ1) is 14.9. The highest BCUT2D eigenvalue weighted by Gasteiger charge is 2.24. The first-order chi connectivity index (χ1) is 11.7. The van der Waals surface area contributed by atoms with E-state index in [4.69, 9.17) is 8.94 Å². The zero-order valence-electron chi connectivity index (χ0n) is 12.9. The van der Waals surface area contributed by atoms with E-state index in [1.807, 2.05) is 0 Å². The van der Waals surface area contributed by atoms with E-state index >= 15 is 0 Å². The van der Waals surface area contributed by atoms with E-state index in [0.717, 1.165) is 18.8 Å². The minimum absolute atomic E-state index is 0.0893. The molecule has 0 bridgehead atoms. The normalized spacial score (nSPS) is 16.0. The van der Waals surface area contributed by atoms with Gasteiger partial charge in [-0.1, -0.05) is 5.16 Å². The van der Waals surface area contributed by atoms with Crippen molar-refractivity contribution >= 4 is 16.9 Å². The van der Waals surface area contributed by atoms with Gasteiger partial charge in [0.25, 0.3) is 5.91 Å². The van der Waals surface area contributed by atoms with Gasteiger partial charge in [-0.05, 0) is 30.3 Å². The fraction of sp³-hybridized carbons (Fsp3) is 0.294. The molecule has 1 fully saturated rings. The molecule has 124 valence electrons. The summed E-state index contributed by atoms with van der Waals surface area (Å²) in [6.07, 6.45) is 1.50. The molecule has 0 radical (unpaired) electrons. The third-order valence-electron chi connectivity index (χ3n) is 4.27. The number of hydrogen-bond acceptors (Lipinski definition) is 5. The number of benzene rings is 1. The molecule has 1 aliphatic rings. The summed E-state index contributed by atoms with van der Waals surface area (Å²) in [4.78, 5) is 16.2. The van der Waals surface area contributed by atoms with Crippen LogP contribution in [0.25, 0.3) is 11.0 Å². The molecule has 0 atom stereocenters. The fourth-order valence-corrected chi connectivity index (χ4v) is 2.95. The van der Waals surface area contributed by atoms with Crippen molar-refractivity contribution in [1.29, 1.82) is 0 Å². The van der Waals surface area contributed by atoms with Crippen molar-refractivity contribution in [3.8, 4) is 0 Å². The van der Waals surface area contributed by atoms with Gasteiger partial charge in [0, 0.05) is 38.1 Å². The summed E-state index contributed by atoms with van der Waals surface area (Å²) in [6, 6.07) is 7.76. The van der Waals surface area contributed by atoms with E-state index in [1.54, 1.807) is 23.1 Å². The van der Waals surface area contributed by atoms with Gasteiger partial charge in [-0.3, -0.25) is 9.69 Å². The number of halogens is 1. The summed E-state index contributed by atoms with van der Waals surface area (Å²) in [7, 11) is 0. The standard InChI is InChI=1S/C17H16FN3O3/c18-12-3-4-15-13(10-12)14(19-24-15)11-20-5-7-21(8-6-20)17(22)16-2-1-9-23-16/h1-4,9-10H,5-8,11H2. The summed E-state index contributed by atoms with van der Waals surface area (Å²) in [5.41, 5.74) is 1.30. The lowest BCUT2D eigenvalue weighted by molar-refractivity contribution is 0.0595. The average molecular weight is 329 g/mol. The van der Waals surface area contributed by atoms with Gasteiger partial charge in [0.2, 0.25) is 0 Å². The molecule has 0 saturated carbocycles. The second kappa shape index (κ2) is 6.09. The maximum atomic E-state index is 13.4. The molecule has 0 N–H and O–H groups in total. The second-order valence-corrected chi connectivity index (χ2v) is 5.82. The Bertz CT molecular complexity index is 851. The van der Waals surface area contributed by atoms with Crippen LogP contribution in [0.15, 0.2) is 45.5 Å². The van der Waals surface area contributed by atoms with Gasteiger partial charge in [0.15, 0.2) is 11.3 Å². The molecular formula is C17H16FN3O3. The van der Waals surface area contributed by atoms with Gasteiger partial charge < -0.3 is 13.8 Å². The molecule has 1 amide bonds. The number of amides is 1. The number of carbonyl (C=O) groups is 1. The Balaban J connectivity index is 1.41. The molecule has 2 aromatic heterocycles. The lowest BCUT2D eigenvalue weighted by atomic mass is 10.2. The Morgan fingerprint density at radius 1 is 1.21 bits per heavy atom. The van der Waals surface area contributed by atoms with Crippen molar-refractivity contribution in [3.05, 3.63) is 53.9 Å². The number of furan rings is 1. The average Bonchev–Trinajstić information content (AvgIpc) is 3.25. The highest BCUT2D eigenvalue weighted by molar-refractivity contribution is 5.91. The molecule has 7 heteroatoms. The lowest BCUT2D eigenvalue weighted by Gasteiger charge is -2.33. The molecule has 0 spiro atoms. The molecule has 3 heterocycles. The Kier molecular flexibility index (Phi) is 3.78. The second-order valence-electron chi connectivity index (χ2n) is 5.82. The molecule has 6 nitrogen and oxygen atoms in total. The number of nitrogens with zero attached hydrogens (tertiary/aromatic N) is 3. The summed E-state index contributed by atoms with van der Waals surface area (Å²) < 4.78 is 23.8. The van der Waals surface area contributed by atoms with Crippen LogP contribution >= 0.6 is 0 Å². The van der Waals surface area contributed by atoms with Crippen LogP contribution in [-0.2, 0) is 6.54 Å². The van der Waals surface area contributed by atoms with E-state index in [9.17, 15) is 9.18 Å². The molecule has 1 saturated heterocycles. The third-order valence-corrected chi connectivity index (χ3v) is 4.27. The van der Waals surface area contributed by atoms with Crippen LogP contribution in [0.2, 0.25) is 0 Å². The Labute approximate surface area is 137 Å². The zero-order chi connectivity index (χ0) is 16.5. The first-order valence-electron chi connectivity index (χ1n) is 7.79. The maximum absolute atomic E-state index is 13.4. The first-order valence-corrected chi connectivity index (χ1v) is 7.79. The molecule has 3 aromatic rings. The van der Waals surface area contributed by atoms with Crippen molar-refractivity contribution in [1.82, 2.24) is 15.0 Å². The van der Waals surface area contributed by atoms with Crippen LogP contribution in [0, 0.1) is 5.82 Å². The van der Waals surface area contributed by atoms with Gasteiger partial charge in [0.05, 0.1) is 6.26 Å². The summed E-state index contributed by atoms with van der Waals surface area (Å²) in [5.74, 6) is -0.0316. The fourth-order valence-electron chi connectivity index (χ4n) is 2.95. The predicted octanol–water partition coefficient (Wildman–Crippen LogP) is 2.52. The number of rotatable bonds is 3. The van der Waals surface area contributed by atoms with Crippen LogP contribution in [0.1, 0.15) is 16.2 Å². The molecular weight excluding hydrogens is 313 g/mol. The van der Waals surface area contributed by atoms with Gasteiger partial charge in [-0.2, -0.15) is 0 Å². The minimum atomic E-state index is -0.305. The Hall–Kier alpha value is -2.67. The molecule has 24 heavy (non-hydrogen) atoms. The van der Waals surface area contributed by atoms with Crippen LogP contribution in [0.5, 0.6) is 0 Å². The van der Waals surface area contributed by atoms with Crippen LogP contribution in [0.4, 0.5) is 4.39 Å². The third kappa shape index (κ3) is 2.78. The van der Waals surface area contributed by atoms with Crippen LogP contribution < -0.4 is 0 Å². The summed E-state index contributed by atoms with van der Waals surface area (Å²) in [5, 5.41) is 4.74. The Morgan fingerprint density at radius 3 is 2.79 bits per heavy atom. The van der Waals surface area contributed by atoms with E-state index in [-0.39, 0.29) is 11.7 Å². The van der Waals surface area contributed by atoms with Crippen molar-refractivity contribution in [2.24, 2.45) is 0 Å². The molecule has 1 aliphatic heterocycles. The molecule has 0 unspecified atom stereocenters. The van der Waals surface area contributed by atoms with Crippen LogP contribution in [0.3, 0.4) is 0 Å². The van der Waals surface area contributed by atoms with Gasteiger partial charge in [0.1, 0.15) is 11.5 Å². The monoisotopic (exact) mass is 329 g/mol. The van der Waals surface area contributed by atoms with Gasteiger partial charge in [-0.15, -0.1) is 0 Å². The largest absolute Gasteiger partial charge is 0.459 e. The van der Waals surface area contributed by atoms with E-state index < -0.39 is 0 Å². The number of fused-ring (bicyclic) bond motifs is 1. The SMILES string of the molecule is O=C(c1ccco1)N1CCN(Cc2noc3ccc(F)cc23)CC1. The van der Waals surface area contributed by atoms with Gasteiger partial charge in [-0.25, -0.2) is 4.39 Å². The smallest absolute Gasteiger partial charge is 0.289 e. The van der Waals surface area contributed by atoms with Gasteiger partial charge >= 0.3 is 0 Å². The lowest BCUT2D eigenvalue weighted by Crippen LogP contribution is -2.48. The molecule has 1 aromatic carbocycles. The molecule has 4 rings (SSSR count). The van der Waals surface area contributed by atoms with Crippen molar-refractivity contribution in [2.45, 2.75) is 6.54 Å². The van der Waals surface area contributed by atoms with Crippen molar-refractivity contribution < 1.29 is 18.1 Å². The quantitative estimate of drug-likeness (QED) is 0.739. The maximum Gasteiger partial charge on any atom is 0.289 e. The number of aromatic nitrogens is 1. The van der Waals surface area contributed by atoms with E-state index in [1.165, 1.54) is 18.4 Å².